The van der Waals surface area contributed by atoms with Crippen molar-refractivity contribution in [3.05, 3.63) is 0 Å². The maximum Gasteiger partial charge on any atom is 0.0446 e. The van der Waals surface area contributed by atoms with Gasteiger partial charge in [-0.2, -0.15) is 0 Å². The Morgan fingerprint density at radius 3 is 1.92 bits per heavy atom. The van der Waals surface area contributed by atoms with Gasteiger partial charge in [0.15, 0.2) is 0 Å². The predicted octanol–water partition coefficient (Wildman–Crippen LogP) is 4.49. The lowest BCUT2D eigenvalue weighted by Gasteiger charge is -2.07. The van der Waals surface area contributed by atoms with Crippen molar-refractivity contribution in [3.63, 3.8) is 0 Å². The van der Waals surface area contributed by atoms with E-state index < -0.39 is 0 Å². The Morgan fingerprint density at radius 2 is 1.33 bits per heavy atom. The summed E-state index contributed by atoms with van der Waals surface area (Å²) in [4.78, 5) is 0. The smallest absolute Gasteiger partial charge is 0.0446 e. The lowest BCUT2D eigenvalue weighted by atomic mass is 10.2. The molecule has 1 heteroatoms. The van der Waals surface area contributed by atoms with Crippen LogP contribution >= 0.6 is 0 Å². The minimum atomic E-state index is 0.0672. The topological polar surface area (TPSA) is 0 Å². The molecule has 0 unspecified atom stereocenters. The molecule has 0 N–H and O–H groups in total. The molecule has 0 heterocycles. The molecule has 0 saturated carbocycles. The SMILES string of the molecule is CCCCCC[Si](C)CCCC. The summed E-state index contributed by atoms with van der Waals surface area (Å²) in [5.74, 6) is 0. The summed E-state index contributed by atoms with van der Waals surface area (Å²) in [7, 11) is 0.0672. The van der Waals surface area contributed by atoms with Crippen molar-refractivity contribution in [2.75, 3.05) is 0 Å². The molecule has 0 nitrogen and oxygen atoms in total. The Kier molecular flexibility index (Phi) is 9.47. The second-order valence-electron chi connectivity index (χ2n) is 3.87. The van der Waals surface area contributed by atoms with Gasteiger partial charge >= 0.3 is 0 Å². The minimum absolute atomic E-state index is 0.0672. The van der Waals surface area contributed by atoms with Crippen LogP contribution in [0.3, 0.4) is 0 Å². The first-order valence-electron chi connectivity index (χ1n) is 5.62. The first-order valence-corrected chi connectivity index (χ1v) is 8.04. The molecule has 73 valence electrons. The second-order valence-corrected chi connectivity index (χ2v) is 6.79. The van der Waals surface area contributed by atoms with Gasteiger partial charge in [-0.05, 0) is 0 Å². The van der Waals surface area contributed by atoms with Gasteiger partial charge in [0.05, 0.1) is 0 Å². The summed E-state index contributed by atoms with van der Waals surface area (Å²) < 4.78 is 0. The molecule has 0 rings (SSSR count). The van der Waals surface area contributed by atoms with Gasteiger partial charge in [-0.15, -0.1) is 0 Å². The Labute approximate surface area is 80.4 Å². The first kappa shape index (κ1) is 12.2. The molecule has 0 bridgehead atoms. The quantitative estimate of drug-likeness (QED) is 0.386. The lowest BCUT2D eigenvalue weighted by Crippen LogP contribution is -2.05. The second kappa shape index (κ2) is 9.31. The molecule has 0 aliphatic rings. The zero-order valence-electron chi connectivity index (χ0n) is 9.16. The Morgan fingerprint density at radius 1 is 0.750 bits per heavy atom. The molecule has 0 aromatic carbocycles. The van der Waals surface area contributed by atoms with Crippen molar-refractivity contribution in [1.82, 2.24) is 0 Å². The average molecular weight is 185 g/mol. The summed E-state index contributed by atoms with van der Waals surface area (Å²) in [6, 6.07) is 3.11. The molecule has 0 aliphatic heterocycles. The Balaban J connectivity index is 3.02. The van der Waals surface area contributed by atoms with E-state index >= 15 is 0 Å². The zero-order chi connectivity index (χ0) is 9.23. The van der Waals surface area contributed by atoms with Gasteiger partial charge in [0.1, 0.15) is 0 Å². The third-order valence-electron chi connectivity index (χ3n) is 2.41. The van der Waals surface area contributed by atoms with Crippen molar-refractivity contribution < 1.29 is 0 Å². The van der Waals surface area contributed by atoms with E-state index in [0.29, 0.717) is 0 Å². The van der Waals surface area contributed by atoms with Crippen LogP contribution in [-0.2, 0) is 0 Å². The van der Waals surface area contributed by atoms with E-state index in [9.17, 15) is 0 Å². The number of rotatable bonds is 8. The molecule has 0 fully saturated rings. The van der Waals surface area contributed by atoms with Gasteiger partial charge in [-0.3, -0.25) is 0 Å². The Hall–Kier alpha value is 0.217. The van der Waals surface area contributed by atoms with E-state index in [1.807, 2.05) is 0 Å². The summed E-state index contributed by atoms with van der Waals surface area (Å²) in [6.45, 7) is 7.09. The molecule has 0 aromatic heterocycles. The van der Waals surface area contributed by atoms with Gasteiger partial charge in [0.25, 0.3) is 0 Å². The summed E-state index contributed by atoms with van der Waals surface area (Å²) in [5, 5.41) is 0. The van der Waals surface area contributed by atoms with Crippen LogP contribution in [0.25, 0.3) is 0 Å². The van der Waals surface area contributed by atoms with E-state index in [0.717, 1.165) is 0 Å². The van der Waals surface area contributed by atoms with E-state index in [4.69, 9.17) is 0 Å². The highest BCUT2D eigenvalue weighted by Gasteiger charge is 2.02. The molecular weight excluding hydrogens is 160 g/mol. The number of unbranched alkanes of at least 4 members (excludes halogenated alkanes) is 4. The molecule has 0 saturated heterocycles. The fourth-order valence-electron chi connectivity index (χ4n) is 1.46. The zero-order valence-corrected chi connectivity index (χ0v) is 10.2. The van der Waals surface area contributed by atoms with Crippen molar-refractivity contribution in [2.24, 2.45) is 0 Å². The number of hydrogen-bond donors (Lipinski definition) is 0. The molecule has 0 aliphatic carbocycles. The monoisotopic (exact) mass is 185 g/mol. The standard InChI is InChI=1S/C11H25Si/c1-4-6-8-9-11-12(3)10-7-5-2/h4-11H2,1-3H3. The molecule has 1 radical (unpaired) electrons. The highest BCUT2D eigenvalue weighted by molar-refractivity contribution is 6.57. The van der Waals surface area contributed by atoms with Crippen LogP contribution in [0.2, 0.25) is 18.6 Å². The molecule has 0 aromatic rings. The lowest BCUT2D eigenvalue weighted by molar-refractivity contribution is 0.697. The van der Waals surface area contributed by atoms with Crippen molar-refractivity contribution in [2.45, 2.75) is 71.0 Å². The van der Waals surface area contributed by atoms with E-state index in [1.54, 1.807) is 12.1 Å². The van der Waals surface area contributed by atoms with Gasteiger partial charge in [-0.25, -0.2) is 0 Å². The fraction of sp³-hybridized carbons (Fsp3) is 1.00. The van der Waals surface area contributed by atoms with Crippen LogP contribution in [0.1, 0.15) is 52.4 Å². The average Bonchev–Trinajstić information content (AvgIpc) is 2.09. The van der Waals surface area contributed by atoms with Crippen molar-refractivity contribution in [1.29, 1.82) is 0 Å². The third kappa shape index (κ3) is 8.31. The predicted molar refractivity (Wildman–Crippen MR) is 60.3 cm³/mol. The van der Waals surface area contributed by atoms with Crippen LogP contribution in [0, 0.1) is 0 Å². The molecule has 0 atom stereocenters. The van der Waals surface area contributed by atoms with Gasteiger partial charge in [0, 0.05) is 8.80 Å². The first-order chi connectivity index (χ1) is 5.81. The minimum Gasteiger partial charge on any atom is -0.0711 e. The third-order valence-corrected chi connectivity index (χ3v) is 4.83. The van der Waals surface area contributed by atoms with Crippen LogP contribution in [0.5, 0.6) is 0 Å². The largest absolute Gasteiger partial charge is 0.0711 e. The normalized spacial score (nSPS) is 11.0. The Bertz CT molecular complexity index is 81.1. The van der Waals surface area contributed by atoms with Crippen LogP contribution in [0.4, 0.5) is 0 Å². The van der Waals surface area contributed by atoms with Gasteiger partial charge in [-0.1, -0.05) is 71.0 Å². The maximum atomic E-state index is 2.51. The molecule has 12 heavy (non-hydrogen) atoms. The van der Waals surface area contributed by atoms with Gasteiger partial charge in [0.2, 0.25) is 0 Å². The van der Waals surface area contributed by atoms with Crippen LogP contribution in [-0.4, -0.2) is 8.80 Å². The molecule has 0 amide bonds. The summed E-state index contributed by atoms with van der Waals surface area (Å²) in [5.41, 5.74) is 0. The summed E-state index contributed by atoms with van der Waals surface area (Å²) in [6.07, 6.45) is 8.66. The van der Waals surface area contributed by atoms with E-state index in [1.165, 1.54) is 38.5 Å². The summed E-state index contributed by atoms with van der Waals surface area (Å²) >= 11 is 0. The van der Waals surface area contributed by atoms with Crippen LogP contribution in [0.15, 0.2) is 0 Å². The van der Waals surface area contributed by atoms with E-state index in [2.05, 4.69) is 20.4 Å². The maximum absolute atomic E-state index is 2.51. The highest BCUT2D eigenvalue weighted by Crippen LogP contribution is 2.11. The van der Waals surface area contributed by atoms with Gasteiger partial charge < -0.3 is 0 Å². The van der Waals surface area contributed by atoms with E-state index in [-0.39, 0.29) is 8.80 Å². The van der Waals surface area contributed by atoms with Crippen molar-refractivity contribution >= 4 is 8.80 Å². The fourth-order valence-corrected chi connectivity index (χ4v) is 3.52. The molecule has 0 spiro atoms. The molecular formula is C11H25Si. The van der Waals surface area contributed by atoms with Crippen LogP contribution < -0.4 is 0 Å². The number of hydrogen-bond acceptors (Lipinski definition) is 0. The highest BCUT2D eigenvalue weighted by atomic mass is 28.3. The van der Waals surface area contributed by atoms with Crippen molar-refractivity contribution in [3.8, 4) is 0 Å².